The molecule has 1 saturated heterocycles. The molecule has 1 heterocycles. The lowest BCUT2D eigenvalue weighted by Crippen LogP contribution is -2.45. The molecule has 1 aliphatic heterocycles. The van der Waals surface area contributed by atoms with Gasteiger partial charge in [-0.15, -0.1) is 0 Å². The van der Waals surface area contributed by atoms with Crippen molar-refractivity contribution in [2.45, 2.75) is 25.8 Å². The number of amides is 1. The van der Waals surface area contributed by atoms with Gasteiger partial charge < -0.3 is 10.2 Å². The third kappa shape index (κ3) is 5.47. The Labute approximate surface area is 103 Å². The zero-order chi connectivity index (χ0) is 12.9. The summed E-state index contributed by atoms with van der Waals surface area (Å²) in [5, 5.41) is 3.01. The molecule has 1 amide bonds. The minimum atomic E-state index is -3.14. The second-order valence-corrected chi connectivity index (χ2v) is 6.21. The minimum Gasteiger partial charge on any atom is -0.341 e. The van der Waals surface area contributed by atoms with Crippen LogP contribution in [0.15, 0.2) is 0 Å². The van der Waals surface area contributed by atoms with Gasteiger partial charge in [-0.1, -0.05) is 0 Å². The van der Waals surface area contributed by atoms with Gasteiger partial charge in [0.25, 0.3) is 0 Å². The van der Waals surface area contributed by atoms with Gasteiger partial charge in [0.05, 0.1) is 12.3 Å². The molecule has 0 radical (unpaired) electrons. The summed E-state index contributed by atoms with van der Waals surface area (Å²) in [6.45, 7) is 4.24. The van der Waals surface area contributed by atoms with E-state index in [1.54, 1.807) is 6.92 Å². The molecule has 0 aromatic heterocycles. The second kappa shape index (κ2) is 6.32. The van der Waals surface area contributed by atoms with Crippen LogP contribution in [0.25, 0.3) is 0 Å². The largest absolute Gasteiger partial charge is 0.341 e. The van der Waals surface area contributed by atoms with E-state index in [4.69, 9.17) is 0 Å². The zero-order valence-electron chi connectivity index (χ0n) is 10.4. The van der Waals surface area contributed by atoms with Crippen LogP contribution in [0.2, 0.25) is 0 Å². The van der Waals surface area contributed by atoms with Crippen molar-refractivity contribution in [3.8, 4) is 0 Å². The van der Waals surface area contributed by atoms with Gasteiger partial charge in [-0.3, -0.25) is 4.79 Å². The maximum absolute atomic E-state index is 11.9. The van der Waals surface area contributed by atoms with Crippen LogP contribution >= 0.6 is 0 Å². The minimum absolute atomic E-state index is 0.0989. The van der Waals surface area contributed by atoms with E-state index in [-0.39, 0.29) is 11.9 Å². The van der Waals surface area contributed by atoms with Crippen molar-refractivity contribution in [1.29, 1.82) is 0 Å². The first-order chi connectivity index (χ1) is 7.90. The van der Waals surface area contributed by atoms with Gasteiger partial charge in [0.15, 0.2) is 0 Å². The topological polar surface area (TPSA) is 78.5 Å². The number of hydrogen-bond acceptors (Lipinski definition) is 4. The Morgan fingerprint density at radius 2 is 1.88 bits per heavy atom. The normalized spacial score (nSPS) is 18.4. The van der Waals surface area contributed by atoms with E-state index < -0.39 is 10.0 Å². The van der Waals surface area contributed by atoms with Crippen LogP contribution in [0.3, 0.4) is 0 Å². The molecule has 0 aliphatic carbocycles. The molecule has 0 spiro atoms. The Kier molecular flexibility index (Phi) is 5.35. The van der Waals surface area contributed by atoms with Crippen LogP contribution < -0.4 is 10.0 Å². The number of sulfonamides is 1. The molecule has 0 saturated carbocycles. The summed E-state index contributed by atoms with van der Waals surface area (Å²) in [6.07, 6.45) is 3.27. The van der Waals surface area contributed by atoms with E-state index in [1.165, 1.54) is 0 Å². The summed E-state index contributed by atoms with van der Waals surface area (Å²) < 4.78 is 24.0. The summed E-state index contributed by atoms with van der Waals surface area (Å²) in [5.41, 5.74) is 0. The number of carbonyl (C=O) groups is 1. The van der Waals surface area contributed by atoms with Gasteiger partial charge in [0.2, 0.25) is 15.9 Å². The fraction of sp³-hybridized carbons (Fsp3) is 0.900. The Hall–Kier alpha value is -0.660. The van der Waals surface area contributed by atoms with Crippen molar-refractivity contribution >= 4 is 15.9 Å². The van der Waals surface area contributed by atoms with Gasteiger partial charge in [-0.05, 0) is 19.8 Å². The summed E-state index contributed by atoms with van der Waals surface area (Å²) in [4.78, 5) is 13.7. The lowest BCUT2D eigenvalue weighted by molar-refractivity contribution is -0.131. The average Bonchev–Trinajstić information content (AvgIpc) is 2.74. The Balaban J connectivity index is 2.20. The van der Waals surface area contributed by atoms with Crippen LogP contribution in [0.4, 0.5) is 0 Å². The van der Waals surface area contributed by atoms with E-state index in [9.17, 15) is 13.2 Å². The third-order valence-corrected chi connectivity index (χ3v) is 3.46. The van der Waals surface area contributed by atoms with Crippen molar-refractivity contribution in [3.05, 3.63) is 0 Å². The first-order valence-electron chi connectivity index (χ1n) is 5.87. The molecule has 6 nitrogen and oxygen atoms in total. The molecule has 100 valence electrons. The lowest BCUT2D eigenvalue weighted by Gasteiger charge is -2.21. The van der Waals surface area contributed by atoms with Gasteiger partial charge in [-0.2, -0.15) is 0 Å². The molecular formula is C10H21N3O3S. The zero-order valence-corrected chi connectivity index (χ0v) is 11.2. The predicted molar refractivity (Wildman–Crippen MR) is 66.1 cm³/mol. The maximum Gasteiger partial charge on any atom is 0.239 e. The summed E-state index contributed by atoms with van der Waals surface area (Å²) in [6, 6.07) is -0.255. The molecule has 1 fully saturated rings. The van der Waals surface area contributed by atoms with Gasteiger partial charge in [-0.25, -0.2) is 13.1 Å². The van der Waals surface area contributed by atoms with Crippen LogP contribution in [-0.2, 0) is 14.8 Å². The van der Waals surface area contributed by atoms with E-state index >= 15 is 0 Å². The van der Waals surface area contributed by atoms with Crippen LogP contribution in [0.1, 0.15) is 19.8 Å². The van der Waals surface area contributed by atoms with Crippen LogP contribution in [0.5, 0.6) is 0 Å². The number of hydrogen-bond donors (Lipinski definition) is 2. The molecule has 0 bridgehead atoms. The molecule has 1 rings (SSSR count). The Morgan fingerprint density at radius 3 is 2.41 bits per heavy atom. The second-order valence-electron chi connectivity index (χ2n) is 4.37. The standard InChI is InChI=1S/C10H21N3O3S/c1-9(10(14)13-7-3-4-8-13)11-5-6-12-17(2,15)16/h9,11-12H,3-8H2,1-2H3. The van der Waals surface area contributed by atoms with E-state index in [1.807, 2.05) is 4.90 Å². The molecule has 1 atom stereocenters. The lowest BCUT2D eigenvalue weighted by atomic mass is 10.3. The van der Waals surface area contributed by atoms with Crippen molar-refractivity contribution in [2.24, 2.45) is 0 Å². The van der Waals surface area contributed by atoms with Crippen LogP contribution in [0, 0.1) is 0 Å². The first kappa shape index (κ1) is 14.4. The van der Waals surface area contributed by atoms with Crippen molar-refractivity contribution < 1.29 is 13.2 Å². The molecule has 0 aromatic carbocycles. The highest BCUT2D eigenvalue weighted by Crippen LogP contribution is 2.08. The number of likely N-dealkylation sites (tertiary alicyclic amines) is 1. The highest BCUT2D eigenvalue weighted by molar-refractivity contribution is 7.88. The van der Waals surface area contributed by atoms with Crippen LogP contribution in [-0.4, -0.2) is 57.7 Å². The number of nitrogens with one attached hydrogen (secondary N) is 2. The van der Waals surface area contributed by atoms with Crippen molar-refractivity contribution in [2.75, 3.05) is 32.4 Å². The van der Waals surface area contributed by atoms with Gasteiger partial charge in [0.1, 0.15) is 0 Å². The highest BCUT2D eigenvalue weighted by atomic mass is 32.2. The Morgan fingerprint density at radius 1 is 1.29 bits per heavy atom. The van der Waals surface area contributed by atoms with Gasteiger partial charge in [0, 0.05) is 26.2 Å². The van der Waals surface area contributed by atoms with E-state index in [0.717, 1.165) is 32.2 Å². The highest BCUT2D eigenvalue weighted by Gasteiger charge is 2.22. The van der Waals surface area contributed by atoms with E-state index in [0.29, 0.717) is 13.1 Å². The quantitative estimate of drug-likeness (QED) is 0.611. The molecule has 17 heavy (non-hydrogen) atoms. The smallest absolute Gasteiger partial charge is 0.239 e. The molecule has 2 N–H and O–H groups in total. The molecule has 1 aliphatic rings. The monoisotopic (exact) mass is 263 g/mol. The summed E-state index contributed by atoms with van der Waals surface area (Å²) in [5.74, 6) is 0.0989. The summed E-state index contributed by atoms with van der Waals surface area (Å²) >= 11 is 0. The molecule has 0 aromatic rings. The maximum atomic E-state index is 11.9. The fourth-order valence-electron chi connectivity index (χ4n) is 1.82. The molecule has 7 heteroatoms. The predicted octanol–water partition coefficient (Wildman–Crippen LogP) is -0.864. The fourth-order valence-corrected chi connectivity index (χ4v) is 2.30. The van der Waals surface area contributed by atoms with E-state index in [2.05, 4.69) is 10.0 Å². The van der Waals surface area contributed by atoms with Crippen molar-refractivity contribution in [3.63, 3.8) is 0 Å². The molecule has 1 unspecified atom stereocenters. The third-order valence-electron chi connectivity index (χ3n) is 2.73. The summed E-state index contributed by atoms with van der Waals surface area (Å²) in [7, 11) is -3.14. The number of carbonyl (C=O) groups excluding carboxylic acids is 1. The molecular weight excluding hydrogens is 242 g/mol. The van der Waals surface area contributed by atoms with Gasteiger partial charge >= 0.3 is 0 Å². The van der Waals surface area contributed by atoms with Crippen molar-refractivity contribution in [1.82, 2.24) is 14.9 Å². The SMILES string of the molecule is CC(NCCNS(C)(=O)=O)C(=O)N1CCCC1. The first-order valence-corrected chi connectivity index (χ1v) is 7.76. The number of nitrogens with zero attached hydrogens (tertiary/aromatic N) is 1. The number of rotatable bonds is 6. The average molecular weight is 263 g/mol. The Bertz CT molecular complexity index is 350.